The van der Waals surface area contributed by atoms with Crippen LogP contribution in [0.2, 0.25) is 0 Å². The zero-order valence-electron chi connectivity index (χ0n) is 18.8. The third kappa shape index (κ3) is 7.55. The van der Waals surface area contributed by atoms with Crippen molar-refractivity contribution in [3.05, 3.63) is 71.9 Å². The van der Waals surface area contributed by atoms with Crippen molar-refractivity contribution in [2.75, 3.05) is 16.9 Å². The first-order valence-electron chi connectivity index (χ1n) is 10.3. The highest BCUT2D eigenvalue weighted by atomic mass is 32.2. The lowest BCUT2D eigenvalue weighted by Crippen LogP contribution is -2.27. The Morgan fingerprint density at radius 2 is 1.78 bits per heavy atom. The molecule has 3 N–H and O–H groups in total. The number of carbonyl (C=O) groups excluding carboxylic acids is 1. The number of anilines is 3. The summed E-state index contributed by atoms with van der Waals surface area (Å²) in [6, 6.07) is 17.7. The van der Waals surface area contributed by atoms with Crippen LogP contribution in [0.4, 0.5) is 22.0 Å². The van der Waals surface area contributed by atoms with Crippen LogP contribution in [0, 0.1) is 0 Å². The minimum atomic E-state index is -0.559. The molecule has 2 aromatic carbocycles. The summed E-state index contributed by atoms with van der Waals surface area (Å²) in [7, 11) is 0. The first-order valence-corrected chi connectivity index (χ1v) is 11.6. The Morgan fingerprint density at radius 1 is 1.03 bits per heavy atom. The Hall–Kier alpha value is -3.10. The van der Waals surface area contributed by atoms with Crippen molar-refractivity contribution in [2.24, 2.45) is 0 Å². The Balaban J connectivity index is 1.70. The predicted octanol–water partition coefficient (Wildman–Crippen LogP) is 5.58. The average Bonchev–Trinajstić information content (AvgIpc) is 2.74. The highest BCUT2D eigenvalue weighted by Gasteiger charge is 2.16. The number of carbonyl (C=O) groups is 1. The predicted molar refractivity (Wildman–Crippen MR) is 130 cm³/mol. The fourth-order valence-electron chi connectivity index (χ4n) is 2.90. The molecule has 168 valence electrons. The van der Waals surface area contributed by atoms with Gasteiger partial charge in [-0.1, -0.05) is 48.2 Å². The molecule has 0 unspecified atom stereocenters. The fraction of sp³-hybridized carbons (Fsp3) is 0.292. The Labute approximate surface area is 193 Å². The van der Waals surface area contributed by atoms with E-state index in [-0.39, 0.29) is 0 Å². The SMILES string of the molecule is CSc1ncc(CNCc2ccccc2)c(Nc2cccc(NC(=O)OC(C)(C)C)c2)n1. The van der Waals surface area contributed by atoms with Gasteiger partial charge in [0.1, 0.15) is 11.4 Å². The number of rotatable bonds is 8. The minimum Gasteiger partial charge on any atom is -0.444 e. The molecular weight excluding hydrogens is 422 g/mol. The summed E-state index contributed by atoms with van der Waals surface area (Å²) in [5, 5.41) is 10.2. The molecule has 0 aliphatic carbocycles. The van der Waals surface area contributed by atoms with Crippen molar-refractivity contribution in [2.45, 2.75) is 44.6 Å². The second-order valence-corrected chi connectivity index (χ2v) is 8.93. The highest BCUT2D eigenvalue weighted by molar-refractivity contribution is 7.98. The molecular formula is C24H29N5O2S. The normalized spacial score (nSPS) is 11.1. The van der Waals surface area contributed by atoms with E-state index in [9.17, 15) is 4.79 Å². The Kier molecular flexibility index (Phi) is 8.08. The maximum atomic E-state index is 12.1. The van der Waals surface area contributed by atoms with E-state index in [0.717, 1.165) is 23.6 Å². The van der Waals surface area contributed by atoms with Gasteiger partial charge in [0, 0.05) is 36.2 Å². The van der Waals surface area contributed by atoms with E-state index >= 15 is 0 Å². The summed E-state index contributed by atoms with van der Waals surface area (Å²) >= 11 is 1.48. The fourth-order valence-corrected chi connectivity index (χ4v) is 3.24. The van der Waals surface area contributed by atoms with E-state index in [1.807, 2.05) is 75.7 Å². The van der Waals surface area contributed by atoms with Crippen LogP contribution in [0.3, 0.4) is 0 Å². The molecule has 0 aliphatic heterocycles. The van der Waals surface area contributed by atoms with Gasteiger partial charge in [0.2, 0.25) is 0 Å². The van der Waals surface area contributed by atoms with Gasteiger partial charge >= 0.3 is 6.09 Å². The summed E-state index contributed by atoms with van der Waals surface area (Å²) in [6.45, 7) is 6.85. The molecule has 0 aliphatic rings. The lowest BCUT2D eigenvalue weighted by atomic mass is 10.2. The number of nitrogens with zero attached hydrogens (tertiary/aromatic N) is 2. The van der Waals surface area contributed by atoms with Crippen LogP contribution in [0.15, 0.2) is 66.0 Å². The summed E-state index contributed by atoms with van der Waals surface area (Å²) in [5.41, 5.74) is 3.03. The Morgan fingerprint density at radius 3 is 2.50 bits per heavy atom. The van der Waals surface area contributed by atoms with Crippen LogP contribution in [0.1, 0.15) is 31.9 Å². The zero-order valence-corrected chi connectivity index (χ0v) is 19.6. The van der Waals surface area contributed by atoms with Crippen LogP contribution in [-0.2, 0) is 17.8 Å². The number of hydrogen-bond acceptors (Lipinski definition) is 7. The van der Waals surface area contributed by atoms with Gasteiger partial charge in [-0.3, -0.25) is 5.32 Å². The zero-order chi connectivity index (χ0) is 23.0. The Bertz CT molecular complexity index is 1040. The molecule has 0 bridgehead atoms. The standard InChI is InChI=1S/C24H29N5O2S/c1-24(2,3)31-23(30)28-20-12-8-11-19(13-20)27-21-18(16-26-22(29-21)32-4)15-25-14-17-9-6-5-7-10-17/h5-13,16,25H,14-15H2,1-4H3,(H,28,30)(H,26,27,29). The lowest BCUT2D eigenvalue weighted by molar-refractivity contribution is 0.0636. The number of hydrogen-bond donors (Lipinski definition) is 3. The summed E-state index contributed by atoms with van der Waals surface area (Å²) in [4.78, 5) is 21.1. The largest absolute Gasteiger partial charge is 0.444 e. The van der Waals surface area contributed by atoms with Crippen molar-refractivity contribution in [3.63, 3.8) is 0 Å². The third-order valence-corrected chi connectivity index (χ3v) is 4.84. The minimum absolute atomic E-state index is 0.493. The van der Waals surface area contributed by atoms with E-state index in [0.29, 0.717) is 17.4 Å². The molecule has 0 saturated heterocycles. The molecule has 3 aromatic rings. The molecule has 0 fully saturated rings. The quantitative estimate of drug-likeness (QED) is 0.304. The van der Waals surface area contributed by atoms with Crippen LogP contribution in [0.25, 0.3) is 0 Å². The molecule has 1 amide bonds. The molecule has 0 spiro atoms. The van der Waals surface area contributed by atoms with Gasteiger partial charge in [-0.2, -0.15) is 0 Å². The second-order valence-electron chi connectivity index (χ2n) is 8.15. The highest BCUT2D eigenvalue weighted by Crippen LogP contribution is 2.24. The van der Waals surface area contributed by atoms with Crippen LogP contribution in [0.5, 0.6) is 0 Å². The van der Waals surface area contributed by atoms with Gasteiger partial charge < -0.3 is 15.4 Å². The van der Waals surface area contributed by atoms with E-state index < -0.39 is 11.7 Å². The molecule has 1 aromatic heterocycles. The van der Waals surface area contributed by atoms with Gasteiger partial charge in [0.15, 0.2) is 5.16 Å². The van der Waals surface area contributed by atoms with Gasteiger partial charge in [-0.15, -0.1) is 0 Å². The molecule has 1 heterocycles. The van der Waals surface area contributed by atoms with Gasteiger partial charge in [0.25, 0.3) is 0 Å². The van der Waals surface area contributed by atoms with E-state index in [1.54, 1.807) is 0 Å². The summed E-state index contributed by atoms with van der Waals surface area (Å²) in [6.07, 6.45) is 3.28. The van der Waals surface area contributed by atoms with Gasteiger partial charge in [0.05, 0.1) is 0 Å². The molecule has 0 saturated carbocycles. The molecule has 0 radical (unpaired) electrons. The second kappa shape index (κ2) is 11.0. The van der Waals surface area contributed by atoms with E-state index in [2.05, 4.69) is 38.1 Å². The van der Waals surface area contributed by atoms with Crippen molar-refractivity contribution in [1.82, 2.24) is 15.3 Å². The third-order valence-electron chi connectivity index (χ3n) is 4.28. The molecule has 3 rings (SSSR count). The number of benzene rings is 2. The maximum absolute atomic E-state index is 12.1. The summed E-state index contributed by atoms with van der Waals surface area (Å²) < 4.78 is 5.33. The van der Waals surface area contributed by atoms with Crippen molar-refractivity contribution >= 4 is 35.0 Å². The molecule has 7 nitrogen and oxygen atoms in total. The number of ether oxygens (including phenoxy) is 1. The topological polar surface area (TPSA) is 88.2 Å². The molecule has 32 heavy (non-hydrogen) atoms. The number of amides is 1. The number of thioether (sulfide) groups is 1. The van der Waals surface area contributed by atoms with Crippen LogP contribution in [-0.4, -0.2) is 27.9 Å². The molecule has 0 atom stereocenters. The van der Waals surface area contributed by atoms with E-state index in [1.165, 1.54) is 17.3 Å². The maximum Gasteiger partial charge on any atom is 0.412 e. The van der Waals surface area contributed by atoms with Crippen LogP contribution < -0.4 is 16.0 Å². The van der Waals surface area contributed by atoms with Crippen LogP contribution >= 0.6 is 11.8 Å². The smallest absolute Gasteiger partial charge is 0.412 e. The lowest BCUT2D eigenvalue weighted by Gasteiger charge is -2.20. The van der Waals surface area contributed by atoms with E-state index in [4.69, 9.17) is 4.74 Å². The number of nitrogens with one attached hydrogen (secondary N) is 3. The van der Waals surface area contributed by atoms with Crippen molar-refractivity contribution in [3.8, 4) is 0 Å². The average molecular weight is 452 g/mol. The first kappa shape index (κ1) is 23.6. The molecule has 8 heteroatoms. The first-order chi connectivity index (χ1) is 15.3. The van der Waals surface area contributed by atoms with Gasteiger partial charge in [-0.05, 0) is 50.8 Å². The summed E-state index contributed by atoms with van der Waals surface area (Å²) in [5.74, 6) is 0.722. The van der Waals surface area contributed by atoms with Gasteiger partial charge in [-0.25, -0.2) is 14.8 Å². The van der Waals surface area contributed by atoms with Crippen molar-refractivity contribution < 1.29 is 9.53 Å². The van der Waals surface area contributed by atoms with Crippen molar-refractivity contribution in [1.29, 1.82) is 0 Å². The monoisotopic (exact) mass is 451 g/mol. The number of aromatic nitrogens is 2.